The fraction of sp³-hybridized carbons (Fsp3) is 0.143. The zero-order valence-corrected chi connectivity index (χ0v) is 13.1. The molecule has 3 N–H and O–H groups in total. The number of nitrogens with one attached hydrogen (secondary N) is 1. The van der Waals surface area contributed by atoms with E-state index in [-0.39, 0.29) is 10.6 Å². The highest BCUT2D eigenvalue weighted by Gasteiger charge is 2.20. The van der Waals surface area contributed by atoms with Gasteiger partial charge >= 0.3 is 0 Å². The standard InChI is InChI=1S/C14H15ClN2O3S/c1-9-4-3-5-12(16)14(9)21(18,19)17-10-6-7-11(15)13(8-10)20-2/h3-8,17H,16H2,1-2H3. The van der Waals surface area contributed by atoms with Crippen molar-refractivity contribution in [1.82, 2.24) is 0 Å². The molecule has 0 atom stereocenters. The zero-order chi connectivity index (χ0) is 15.6. The second-order valence-electron chi connectivity index (χ2n) is 4.45. The molecule has 5 nitrogen and oxygen atoms in total. The van der Waals surface area contributed by atoms with E-state index in [1.54, 1.807) is 37.3 Å². The van der Waals surface area contributed by atoms with Crippen molar-refractivity contribution in [3.05, 3.63) is 47.0 Å². The Hall–Kier alpha value is -1.92. The van der Waals surface area contributed by atoms with Crippen molar-refractivity contribution >= 4 is 33.0 Å². The lowest BCUT2D eigenvalue weighted by molar-refractivity contribution is 0.415. The second-order valence-corrected chi connectivity index (χ2v) is 6.47. The maximum absolute atomic E-state index is 12.5. The van der Waals surface area contributed by atoms with Crippen LogP contribution < -0.4 is 15.2 Å². The normalized spacial score (nSPS) is 11.2. The van der Waals surface area contributed by atoms with Gasteiger partial charge in [0, 0.05) is 6.07 Å². The summed E-state index contributed by atoms with van der Waals surface area (Å²) in [6, 6.07) is 9.55. The molecule has 0 saturated heterocycles. The van der Waals surface area contributed by atoms with E-state index in [1.807, 2.05) is 0 Å². The highest BCUT2D eigenvalue weighted by molar-refractivity contribution is 7.93. The first-order chi connectivity index (χ1) is 9.85. The minimum atomic E-state index is -3.79. The van der Waals surface area contributed by atoms with Crippen LogP contribution in [0.25, 0.3) is 0 Å². The van der Waals surface area contributed by atoms with Crippen LogP contribution in [0.1, 0.15) is 5.56 Å². The SMILES string of the molecule is COc1cc(NS(=O)(=O)c2c(C)cccc2N)ccc1Cl. The van der Waals surface area contributed by atoms with Crippen LogP contribution in [0.5, 0.6) is 5.75 Å². The van der Waals surface area contributed by atoms with Crippen molar-refractivity contribution in [3.8, 4) is 5.75 Å². The summed E-state index contributed by atoms with van der Waals surface area (Å²) in [6.45, 7) is 1.69. The minimum Gasteiger partial charge on any atom is -0.495 e. The molecule has 112 valence electrons. The predicted octanol–water partition coefficient (Wildman–Crippen LogP) is 3.04. The number of hydrogen-bond acceptors (Lipinski definition) is 4. The summed E-state index contributed by atoms with van der Waals surface area (Å²) in [7, 11) is -2.33. The Labute approximate surface area is 128 Å². The topological polar surface area (TPSA) is 81.4 Å². The second kappa shape index (κ2) is 5.83. The average molecular weight is 327 g/mol. The quantitative estimate of drug-likeness (QED) is 0.846. The van der Waals surface area contributed by atoms with Crippen molar-refractivity contribution in [1.29, 1.82) is 0 Å². The number of aryl methyl sites for hydroxylation is 1. The first-order valence-electron chi connectivity index (χ1n) is 6.06. The number of nitrogens with two attached hydrogens (primary N) is 1. The summed E-state index contributed by atoms with van der Waals surface area (Å²) in [4.78, 5) is 0.0684. The zero-order valence-electron chi connectivity index (χ0n) is 11.6. The van der Waals surface area contributed by atoms with Crippen molar-refractivity contribution in [2.75, 3.05) is 17.6 Å². The molecular formula is C14H15ClN2O3S. The van der Waals surface area contributed by atoms with Crippen LogP contribution in [-0.2, 0) is 10.0 Å². The van der Waals surface area contributed by atoms with Gasteiger partial charge in [-0.15, -0.1) is 0 Å². The van der Waals surface area contributed by atoms with Gasteiger partial charge in [0.2, 0.25) is 0 Å². The van der Waals surface area contributed by atoms with E-state index in [0.29, 0.717) is 22.0 Å². The Morgan fingerprint density at radius 3 is 2.57 bits per heavy atom. The summed E-state index contributed by atoms with van der Waals surface area (Å²) in [6.07, 6.45) is 0. The van der Waals surface area contributed by atoms with Gasteiger partial charge in [-0.25, -0.2) is 8.42 Å². The Morgan fingerprint density at radius 2 is 1.95 bits per heavy atom. The van der Waals surface area contributed by atoms with Gasteiger partial charge in [-0.2, -0.15) is 0 Å². The predicted molar refractivity (Wildman–Crippen MR) is 84.4 cm³/mol. The monoisotopic (exact) mass is 326 g/mol. The largest absolute Gasteiger partial charge is 0.495 e. The highest BCUT2D eigenvalue weighted by Crippen LogP contribution is 2.30. The number of sulfonamides is 1. The third-order valence-corrected chi connectivity index (χ3v) is 4.83. The Kier molecular flexibility index (Phi) is 4.29. The first kappa shape index (κ1) is 15.5. The summed E-state index contributed by atoms with van der Waals surface area (Å²) < 4.78 is 32.5. The van der Waals surface area contributed by atoms with Gasteiger partial charge in [-0.3, -0.25) is 4.72 Å². The van der Waals surface area contributed by atoms with Gasteiger partial charge in [0.15, 0.2) is 0 Å². The summed E-state index contributed by atoms with van der Waals surface area (Å²) in [5, 5.41) is 0.399. The van der Waals surface area contributed by atoms with Gasteiger partial charge in [-0.1, -0.05) is 23.7 Å². The van der Waals surface area contributed by atoms with Crippen LogP contribution in [0.2, 0.25) is 5.02 Å². The Morgan fingerprint density at radius 1 is 1.24 bits per heavy atom. The van der Waals surface area contributed by atoms with Crippen molar-refractivity contribution < 1.29 is 13.2 Å². The molecule has 0 aliphatic rings. The molecule has 0 saturated carbocycles. The minimum absolute atomic E-state index is 0.0684. The van der Waals surface area contributed by atoms with Gasteiger partial charge in [0.25, 0.3) is 10.0 Å². The molecule has 2 rings (SSSR count). The lowest BCUT2D eigenvalue weighted by atomic mass is 10.2. The molecule has 2 aromatic carbocycles. The number of hydrogen-bond donors (Lipinski definition) is 2. The number of nitrogen functional groups attached to an aromatic ring is 1. The fourth-order valence-electron chi connectivity index (χ4n) is 1.97. The Balaban J connectivity index is 2.43. The van der Waals surface area contributed by atoms with E-state index >= 15 is 0 Å². The molecule has 0 bridgehead atoms. The third kappa shape index (κ3) is 3.22. The molecule has 0 amide bonds. The molecule has 0 radical (unpaired) electrons. The van der Waals surface area contributed by atoms with Crippen molar-refractivity contribution in [3.63, 3.8) is 0 Å². The van der Waals surface area contributed by atoms with Crippen LogP contribution in [-0.4, -0.2) is 15.5 Å². The van der Waals surface area contributed by atoms with Crippen LogP contribution >= 0.6 is 11.6 Å². The van der Waals surface area contributed by atoms with E-state index in [4.69, 9.17) is 22.1 Å². The molecule has 0 aromatic heterocycles. The molecule has 0 spiro atoms. The number of benzene rings is 2. The van der Waals surface area contributed by atoms with Gasteiger partial charge < -0.3 is 10.5 Å². The number of methoxy groups -OCH3 is 1. The fourth-order valence-corrected chi connectivity index (χ4v) is 3.58. The third-order valence-electron chi connectivity index (χ3n) is 2.91. The van der Waals surface area contributed by atoms with Crippen LogP contribution in [0.4, 0.5) is 11.4 Å². The maximum atomic E-state index is 12.5. The number of rotatable bonds is 4. The number of ether oxygens (including phenoxy) is 1. The van der Waals surface area contributed by atoms with E-state index in [2.05, 4.69) is 4.72 Å². The molecule has 21 heavy (non-hydrogen) atoms. The maximum Gasteiger partial charge on any atom is 0.264 e. The summed E-state index contributed by atoms with van der Waals surface area (Å²) >= 11 is 5.91. The van der Waals surface area contributed by atoms with E-state index in [9.17, 15) is 8.42 Å². The molecular weight excluding hydrogens is 312 g/mol. The van der Waals surface area contributed by atoms with Gasteiger partial charge in [-0.05, 0) is 30.7 Å². The Bertz CT molecular complexity index is 756. The summed E-state index contributed by atoms with van der Waals surface area (Å²) in [5.74, 6) is 0.384. The molecule has 0 fully saturated rings. The lowest BCUT2D eigenvalue weighted by Crippen LogP contribution is -2.16. The smallest absolute Gasteiger partial charge is 0.264 e. The summed E-state index contributed by atoms with van der Waals surface area (Å²) in [5.41, 5.74) is 6.89. The van der Waals surface area contributed by atoms with E-state index in [0.717, 1.165) is 0 Å². The number of halogens is 1. The van der Waals surface area contributed by atoms with Crippen molar-refractivity contribution in [2.45, 2.75) is 11.8 Å². The first-order valence-corrected chi connectivity index (χ1v) is 7.92. The lowest BCUT2D eigenvalue weighted by Gasteiger charge is -2.13. The number of anilines is 2. The van der Waals surface area contributed by atoms with Crippen molar-refractivity contribution in [2.24, 2.45) is 0 Å². The average Bonchev–Trinajstić information content (AvgIpc) is 2.40. The van der Waals surface area contributed by atoms with E-state index < -0.39 is 10.0 Å². The van der Waals surface area contributed by atoms with Crippen LogP contribution in [0, 0.1) is 6.92 Å². The van der Waals surface area contributed by atoms with Crippen LogP contribution in [0.3, 0.4) is 0 Å². The molecule has 0 aliphatic heterocycles. The highest BCUT2D eigenvalue weighted by atomic mass is 35.5. The van der Waals surface area contributed by atoms with Gasteiger partial charge in [0.05, 0.1) is 23.5 Å². The molecule has 0 aliphatic carbocycles. The van der Waals surface area contributed by atoms with Gasteiger partial charge in [0.1, 0.15) is 10.6 Å². The molecule has 0 unspecified atom stereocenters. The molecule has 2 aromatic rings. The van der Waals surface area contributed by atoms with Crippen LogP contribution in [0.15, 0.2) is 41.3 Å². The molecule has 0 heterocycles. The molecule has 7 heteroatoms. The van der Waals surface area contributed by atoms with E-state index in [1.165, 1.54) is 13.2 Å².